The van der Waals surface area contributed by atoms with Crippen molar-refractivity contribution in [3.63, 3.8) is 0 Å². The molecule has 1 amide bonds. The summed E-state index contributed by atoms with van der Waals surface area (Å²) in [7, 11) is 0. The van der Waals surface area contributed by atoms with Gasteiger partial charge in [-0.3, -0.25) is 9.69 Å². The first kappa shape index (κ1) is 21.1. The van der Waals surface area contributed by atoms with Crippen molar-refractivity contribution >= 4 is 17.7 Å². The summed E-state index contributed by atoms with van der Waals surface area (Å²) >= 11 is 0. The number of rotatable bonds is 7. The first-order valence-corrected chi connectivity index (χ1v) is 11.9. The summed E-state index contributed by atoms with van der Waals surface area (Å²) in [6, 6.07) is 1.39. The maximum absolute atomic E-state index is 12.6. The van der Waals surface area contributed by atoms with E-state index in [1.54, 1.807) is 12.4 Å². The Labute approximate surface area is 189 Å². The predicted molar refractivity (Wildman–Crippen MR) is 125 cm³/mol. The van der Waals surface area contributed by atoms with Gasteiger partial charge in [0.15, 0.2) is 0 Å². The van der Waals surface area contributed by atoms with E-state index in [-0.39, 0.29) is 5.91 Å². The molecule has 168 valence electrons. The molecule has 1 aliphatic carbocycles. The smallest absolute Gasteiger partial charge is 0.273 e. The van der Waals surface area contributed by atoms with Crippen molar-refractivity contribution in [1.29, 1.82) is 0 Å². The Balaban J connectivity index is 1.40. The molecule has 2 N–H and O–H groups in total. The lowest BCUT2D eigenvalue weighted by Gasteiger charge is -2.25. The maximum atomic E-state index is 12.6. The standard InChI is InChI=1S/C25H32N6O/c1-15-6-7-16(2)31(15)10-4-5-20-17(3)28-22(23(20)18-8-9-18)11-21-24(29-30-25(21)32)19-12-26-14-27-13-19/h11-16,18,28H,4-10H2,1-3H3,(H,30,32). The van der Waals surface area contributed by atoms with Gasteiger partial charge in [-0.1, -0.05) is 0 Å². The molecule has 0 bridgehead atoms. The van der Waals surface area contributed by atoms with Gasteiger partial charge in [0.05, 0.1) is 5.57 Å². The molecular formula is C25H32N6O. The van der Waals surface area contributed by atoms with Crippen molar-refractivity contribution in [2.45, 2.75) is 77.3 Å². The van der Waals surface area contributed by atoms with E-state index in [1.165, 1.54) is 48.8 Å². The first-order valence-electron chi connectivity index (χ1n) is 11.9. The molecule has 5 rings (SSSR count). The number of nitrogens with zero attached hydrogens (tertiary/aromatic N) is 4. The van der Waals surface area contributed by atoms with E-state index in [1.807, 2.05) is 6.08 Å². The molecule has 2 aliphatic heterocycles. The highest BCUT2D eigenvalue weighted by Gasteiger charge is 2.32. The van der Waals surface area contributed by atoms with Crippen LogP contribution in [0.25, 0.3) is 6.08 Å². The molecule has 2 aromatic heterocycles. The van der Waals surface area contributed by atoms with Crippen molar-refractivity contribution in [3.8, 4) is 0 Å². The summed E-state index contributed by atoms with van der Waals surface area (Å²) in [6.07, 6.45) is 14.1. The molecule has 2 atom stereocenters. The zero-order valence-electron chi connectivity index (χ0n) is 19.2. The Morgan fingerprint density at radius 3 is 2.53 bits per heavy atom. The third kappa shape index (κ3) is 4.01. The second kappa shape index (κ2) is 8.62. The number of hydrazone groups is 1. The zero-order chi connectivity index (χ0) is 22.2. The average Bonchev–Trinajstić information content (AvgIpc) is 3.40. The number of aromatic nitrogens is 3. The molecule has 7 nitrogen and oxygen atoms in total. The van der Waals surface area contributed by atoms with E-state index in [2.05, 4.69) is 51.2 Å². The van der Waals surface area contributed by atoms with Crippen molar-refractivity contribution < 1.29 is 4.79 Å². The number of hydrogen-bond donors (Lipinski definition) is 2. The van der Waals surface area contributed by atoms with Crippen LogP contribution in [0.4, 0.5) is 0 Å². The van der Waals surface area contributed by atoms with E-state index >= 15 is 0 Å². The molecule has 0 aromatic carbocycles. The molecule has 7 heteroatoms. The Morgan fingerprint density at radius 1 is 1.12 bits per heavy atom. The highest BCUT2D eigenvalue weighted by molar-refractivity contribution is 6.33. The average molecular weight is 433 g/mol. The number of likely N-dealkylation sites (tertiary alicyclic amines) is 1. The Kier molecular flexibility index (Phi) is 5.67. The first-order chi connectivity index (χ1) is 15.5. The predicted octanol–water partition coefficient (Wildman–Crippen LogP) is 3.71. The minimum atomic E-state index is -0.184. The van der Waals surface area contributed by atoms with E-state index in [9.17, 15) is 4.79 Å². The number of carbonyl (C=O) groups excluding carboxylic acids is 1. The number of aromatic amines is 1. The zero-order valence-corrected chi connectivity index (χ0v) is 19.2. The van der Waals surface area contributed by atoms with Gasteiger partial charge in [-0.15, -0.1) is 0 Å². The van der Waals surface area contributed by atoms with Gasteiger partial charge in [0, 0.05) is 41.4 Å². The molecule has 0 radical (unpaired) electrons. The Hall–Kier alpha value is -2.80. The van der Waals surface area contributed by atoms with Gasteiger partial charge in [-0.2, -0.15) is 5.10 Å². The topological polar surface area (TPSA) is 86.3 Å². The molecule has 2 unspecified atom stereocenters. The monoisotopic (exact) mass is 432 g/mol. The number of carbonyl (C=O) groups is 1. The lowest BCUT2D eigenvalue weighted by atomic mass is 9.97. The van der Waals surface area contributed by atoms with Gasteiger partial charge in [0.2, 0.25) is 0 Å². The van der Waals surface area contributed by atoms with Crippen molar-refractivity contribution in [2.75, 3.05) is 6.54 Å². The molecule has 2 aromatic rings. The third-order valence-corrected chi connectivity index (χ3v) is 7.25. The second-order valence-electron chi connectivity index (χ2n) is 9.53. The minimum Gasteiger partial charge on any atom is -0.359 e. The van der Waals surface area contributed by atoms with Gasteiger partial charge in [0.1, 0.15) is 12.0 Å². The lowest BCUT2D eigenvalue weighted by Crippen LogP contribution is -2.33. The van der Waals surface area contributed by atoms with Gasteiger partial charge in [-0.25, -0.2) is 15.4 Å². The van der Waals surface area contributed by atoms with E-state index in [0.717, 1.165) is 30.6 Å². The van der Waals surface area contributed by atoms with Crippen LogP contribution < -0.4 is 5.43 Å². The quantitative estimate of drug-likeness (QED) is 0.653. The van der Waals surface area contributed by atoms with Gasteiger partial charge in [0.25, 0.3) is 5.91 Å². The molecule has 1 saturated carbocycles. The molecule has 0 spiro atoms. The summed E-state index contributed by atoms with van der Waals surface area (Å²) in [4.78, 5) is 27.0. The van der Waals surface area contributed by atoms with Crippen LogP contribution in [0.1, 0.15) is 79.9 Å². The summed E-state index contributed by atoms with van der Waals surface area (Å²) in [5.74, 6) is 0.410. The summed E-state index contributed by atoms with van der Waals surface area (Å²) in [6.45, 7) is 8.03. The molecule has 32 heavy (non-hydrogen) atoms. The second-order valence-corrected chi connectivity index (χ2v) is 9.53. The van der Waals surface area contributed by atoms with E-state index in [4.69, 9.17) is 0 Å². The normalized spacial score (nSPS) is 24.9. The summed E-state index contributed by atoms with van der Waals surface area (Å²) in [5.41, 5.74) is 9.63. The number of nitrogens with one attached hydrogen (secondary N) is 2. The van der Waals surface area contributed by atoms with Crippen molar-refractivity contribution in [2.24, 2.45) is 5.10 Å². The number of aryl methyl sites for hydroxylation is 1. The Morgan fingerprint density at radius 2 is 1.84 bits per heavy atom. The molecular weight excluding hydrogens is 400 g/mol. The van der Waals surface area contributed by atoms with Crippen LogP contribution >= 0.6 is 0 Å². The summed E-state index contributed by atoms with van der Waals surface area (Å²) < 4.78 is 0. The van der Waals surface area contributed by atoms with E-state index < -0.39 is 0 Å². The van der Waals surface area contributed by atoms with Gasteiger partial charge in [-0.05, 0) is 89.0 Å². The van der Waals surface area contributed by atoms with Crippen molar-refractivity contribution in [1.82, 2.24) is 25.3 Å². The lowest BCUT2D eigenvalue weighted by molar-refractivity contribution is -0.116. The van der Waals surface area contributed by atoms with Crippen LogP contribution in [0.5, 0.6) is 0 Å². The third-order valence-electron chi connectivity index (χ3n) is 7.25. The van der Waals surface area contributed by atoms with Crippen molar-refractivity contribution in [3.05, 3.63) is 52.4 Å². The number of H-pyrrole nitrogens is 1. The fraction of sp³-hybridized carbons (Fsp3) is 0.520. The SMILES string of the molecule is Cc1[nH]c(C=C2C(=O)NN=C2c2cncnc2)c(C2CC2)c1CCCN1C(C)CCC1C. The molecule has 2 fully saturated rings. The number of amides is 1. The summed E-state index contributed by atoms with van der Waals surface area (Å²) in [5, 5.41) is 4.24. The van der Waals surface area contributed by atoms with Crippen LogP contribution in [-0.4, -0.2) is 50.1 Å². The van der Waals surface area contributed by atoms with Crippen LogP contribution in [0.3, 0.4) is 0 Å². The van der Waals surface area contributed by atoms with Crippen LogP contribution in [-0.2, 0) is 11.2 Å². The Bertz CT molecular complexity index is 1060. The maximum Gasteiger partial charge on any atom is 0.273 e. The molecule has 4 heterocycles. The fourth-order valence-corrected chi connectivity index (χ4v) is 5.37. The fourth-order valence-electron chi connectivity index (χ4n) is 5.37. The molecule has 1 saturated heterocycles. The van der Waals surface area contributed by atoms with Gasteiger partial charge < -0.3 is 4.98 Å². The highest BCUT2D eigenvalue weighted by Crippen LogP contribution is 2.45. The van der Waals surface area contributed by atoms with Crippen LogP contribution in [0, 0.1) is 6.92 Å². The van der Waals surface area contributed by atoms with Gasteiger partial charge >= 0.3 is 0 Å². The highest BCUT2D eigenvalue weighted by atomic mass is 16.2. The molecule has 3 aliphatic rings. The van der Waals surface area contributed by atoms with Crippen LogP contribution in [0.2, 0.25) is 0 Å². The van der Waals surface area contributed by atoms with Crippen LogP contribution in [0.15, 0.2) is 29.4 Å². The minimum absolute atomic E-state index is 0.184. The van der Waals surface area contributed by atoms with E-state index in [0.29, 0.717) is 29.3 Å². The largest absolute Gasteiger partial charge is 0.359 e. The number of hydrogen-bond acceptors (Lipinski definition) is 5.